The molecular weight excluding hydrogens is 162 g/mol. The van der Waals surface area contributed by atoms with E-state index in [1.807, 2.05) is 0 Å². The molecule has 0 aliphatic heterocycles. The summed E-state index contributed by atoms with van der Waals surface area (Å²) in [5.74, 6) is 0. The summed E-state index contributed by atoms with van der Waals surface area (Å²) in [6.07, 6.45) is 5.42. The fourth-order valence-electron chi connectivity index (χ4n) is 1.46. The predicted octanol–water partition coefficient (Wildman–Crippen LogP) is 2.58. The SMILES string of the molecule is CCCC(CCC)NCC(C)OC. The Morgan fingerprint density at radius 3 is 2.08 bits per heavy atom. The summed E-state index contributed by atoms with van der Waals surface area (Å²) in [6, 6.07) is 0.688. The molecule has 1 atom stereocenters. The van der Waals surface area contributed by atoms with E-state index in [1.165, 1.54) is 25.7 Å². The van der Waals surface area contributed by atoms with Crippen molar-refractivity contribution >= 4 is 0 Å². The third kappa shape index (κ3) is 7.03. The fourth-order valence-corrected chi connectivity index (χ4v) is 1.46. The molecule has 0 aliphatic carbocycles. The molecule has 0 bridgehead atoms. The van der Waals surface area contributed by atoms with Crippen molar-refractivity contribution < 1.29 is 4.74 Å². The molecule has 13 heavy (non-hydrogen) atoms. The van der Waals surface area contributed by atoms with Crippen LogP contribution in [0.25, 0.3) is 0 Å². The van der Waals surface area contributed by atoms with Crippen molar-refractivity contribution in [2.45, 2.75) is 58.6 Å². The molecule has 1 N–H and O–H groups in total. The van der Waals surface area contributed by atoms with Gasteiger partial charge in [0, 0.05) is 19.7 Å². The van der Waals surface area contributed by atoms with Crippen molar-refractivity contribution in [3.63, 3.8) is 0 Å². The van der Waals surface area contributed by atoms with Gasteiger partial charge in [0.2, 0.25) is 0 Å². The summed E-state index contributed by atoms with van der Waals surface area (Å²) >= 11 is 0. The smallest absolute Gasteiger partial charge is 0.0667 e. The summed E-state index contributed by atoms with van der Waals surface area (Å²) in [5, 5.41) is 3.55. The Morgan fingerprint density at radius 1 is 1.15 bits per heavy atom. The summed E-state index contributed by atoms with van der Waals surface area (Å²) < 4.78 is 5.19. The van der Waals surface area contributed by atoms with Crippen LogP contribution in [0.15, 0.2) is 0 Å². The Bertz CT molecular complexity index is 100. The lowest BCUT2D eigenvalue weighted by atomic mass is 10.1. The van der Waals surface area contributed by atoms with Gasteiger partial charge in [0.25, 0.3) is 0 Å². The van der Waals surface area contributed by atoms with E-state index in [9.17, 15) is 0 Å². The molecule has 0 saturated carbocycles. The van der Waals surface area contributed by atoms with Crippen LogP contribution in [0, 0.1) is 0 Å². The van der Waals surface area contributed by atoms with E-state index in [2.05, 4.69) is 26.1 Å². The van der Waals surface area contributed by atoms with Gasteiger partial charge in [-0.15, -0.1) is 0 Å². The molecule has 2 heteroatoms. The summed E-state index contributed by atoms with van der Waals surface area (Å²) in [4.78, 5) is 0. The summed E-state index contributed by atoms with van der Waals surface area (Å²) in [5.41, 5.74) is 0. The minimum absolute atomic E-state index is 0.330. The second kappa shape index (κ2) is 8.52. The van der Waals surface area contributed by atoms with Crippen LogP contribution >= 0.6 is 0 Å². The first-order chi connectivity index (χ1) is 6.24. The molecule has 0 radical (unpaired) electrons. The normalized spacial score (nSPS) is 13.6. The predicted molar refractivity (Wildman–Crippen MR) is 58.1 cm³/mol. The minimum Gasteiger partial charge on any atom is -0.380 e. The van der Waals surface area contributed by atoms with Crippen molar-refractivity contribution in [1.82, 2.24) is 5.32 Å². The minimum atomic E-state index is 0.330. The zero-order chi connectivity index (χ0) is 10.1. The largest absolute Gasteiger partial charge is 0.380 e. The van der Waals surface area contributed by atoms with Crippen LogP contribution in [0.4, 0.5) is 0 Å². The molecule has 80 valence electrons. The van der Waals surface area contributed by atoms with Gasteiger partial charge in [0.05, 0.1) is 6.10 Å². The van der Waals surface area contributed by atoms with Crippen LogP contribution in [0.3, 0.4) is 0 Å². The summed E-state index contributed by atoms with van der Waals surface area (Å²) in [7, 11) is 1.76. The molecule has 2 nitrogen and oxygen atoms in total. The standard InChI is InChI=1S/C11H25NO/c1-5-7-11(8-6-2)12-9-10(3)13-4/h10-12H,5-9H2,1-4H3. The lowest BCUT2D eigenvalue weighted by Gasteiger charge is -2.19. The molecule has 0 amide bonds. The van der Waals surface area contributed by atoms with Crippen LogP contribution < -0.4 is 5.32 Å². The second-order valence-electron chi connectivity index (χ2n) is 3.73. The van der Waals surface area contributed by atoms with Crippen molar-refractivity contribution in [3.8, 4) is 0 Å². The Balaban J connectivity index is 3.55. The number of hydrogen-bond donors (Lipinski definition) is 1. The maximum atomic E-state index is 5.19. The lowest BCUT2D eigenvalue weighted by Crippen LogP contribution is -2.35. The molecule has 0 fully saturated rings. The first-order valence-electron chi connectivity index (χ1n) is 5.50. The van der Waals surface area contributed by atoms with Gasteiger partial charge in [-0.1, -0.05) is 26.7 Å². The average molecular weight is 187 g/mol. The van der Waals surface area contributed by atoms with E-state index in [1.54, 1.807) is 7.11 Å². The van der Waals surface area contributed by atoms with Crippen molar-refractivity contribution in [3.05, 3.63) is 0 Å². The quantitative estimate of drug-likeness (QED) is 0.630. The highest BCUT2D eigenvalue weighted by Gasteiger charge is 2.07. The molecule has 0 rings (SSSR count). The van der Waals surface area contributed by atoms with Gasteiger partial charge in [-0.2, -0.15) is 0 Å². The molecule has 0 aromatic rings. The van der Waals surface area contributed by atoms with E-state index in [0.29, 0.717) is 12.1 Å². The molecule has 0 aromatic heterocycles. The maximum absolute atomic E-state index is 5.19. The Morgan fingerprint density at radius 2 is 1.69 bits per heavy atom. The first kappa shape index (κ1) is 12.9. The monoisotopic (exact) mass is 187 g/mol. The topological polar surface area (TPSA) is 21.3 Å². The van der Waals surface area contributed by atoms with Crippen molar-refractivity contribution in [2.24, 2.45) is 0 Å². The zero-order valence-corrected chi connectivity index (χ0v) is 9.60. The third-order valence-corrected chi connectivity index (χ3v) is 2.37. The molecule has 0 aliphatic rings. The Labute approximate surface area is 83.1 Å². The third-order valence-electron chi connectivity index (χ3n) is 2.37. The van der Waals surface area contributed by atoms with E-state index in [0.717, 1.165) is 6.54 Å². The highest BCUT2D eigenvalue weighted by atomic mass is 16.5. The van der Waals surface area contributed by atoms with E-state index in [4.69, 9.17) is 4.74 Å². The molecule has 1 unspecified atom stereocenters. The van der Waals surface area contributed by atoms with Crippen molar-refractivity contribution in [1.29, 1.82) is 0 Å². The van der Waals surface area contributed by atoms with Gasteiger partial charge in [-0.3, -0.25) is 0 Å². The van der Waals surface area contributed by atoms with Crippen molar-refractivity contribution in [2.75, 3.05) is 13.7 Å². The van der Waals surface area contributed by atoms with E-state index in [-0.39, 0.29) is 0 Å². The van der Waals surface area contributed by atoms with Crippen LogP contribution in [0.2, 0.25) is 0 Å². The molecule has 0 heterocycles. The average Bonchev–Trinajstić information content (AvgIpc) is 2.14. The second-order valence-corrected chi connectivity index (χ2v) is 3.73. The Kier molecular flexibility index (Phi) is 8.46. The van der Waals surface area contributed by atoms with Crippen LogP contribution in [0.1, 0.15) is 46.5 Å². The first-order valence-corrected chi connectivity index (χ1v) is 5.50. The number of ether oxygens (including phenoxy) is 1. The fraction of sp³-hybridized carbons (Fsp3) is 1.00. The van der Waals surface area contributed by atoms with Crippen LogP contribution in [0.5, 0.6) is 0 Å². The highest BCUT2D eigenvalue weighted by molar-refractivity contribution is 4.67. The number of nitrogens with one attached hydrogen (secondary N) is 1. The number of hydrogen-bond acceptors (Lipinski definition) is 2. The van der Waals surface area contributed by atoms with Gasteiger partial charge in [0.15, 0.2) is 0 Å². The van der Waals surface area contributed by atoms with E-state index >= 15 is 0 Å². The van der Waals surface area contributed by atoms with Gasteiger partial charge in [-0.25, -0.2) is 0 Å². The van der Waals surface area contributed by atoms with Gasteiger partial charge in [-0.05, 0) is 19.8 Å². The molecule has 0 aromatic carbocycles. The van der Waals surface area contributed by atoms with Crippen LogP contribution in [-0.4, -0.2) is 25.8 Å². The molecular formula is C11H25NO. The molecule has 0 saturated heterocycles. The van der Waals surface area contributed by atoms with Crippen LogP contribution in [-0.2, 0) is 4.74 Å². The molecule has 0 spiro atoms. The number of methoxy groups -OCH3 is 1. The zero-order valence-electron chi connectivity index (χ0n) is 9.60. The van der Waals surface area contributed by atoms with Gasteiger partial charge < -0.3 is 10.1 Å². The van der Waals surface area contributed by atoms with Gasteiger partial charge >= 0.3 is 0 Å². The lowest BCUT2D eigenvalue weighted by molar-refractivity contribution is 0.113. The summed E-state index contributed by atoms with van der Waals surface area (Å²) in [6.45, 7) is 7.55. The highest BCUT2D eigenvalue weighted by Crippen LogP contribution is 2.04. The Hall–Kier alpha value is -0.0800. The maximum Gasteiger partial charge on any atom is 0.0667 e. The van der Waals surface area contributed by atoms with E-state index < -0.39 is 0 Å². The number of rotatable bonds is 8. The van der Waals surface area contributed by atoms with Gasteiger partial charge in [0.1, 0.15) is 0 Å².